The fourth-order valence-electron chi connectivity index (χ4n) is 2.03. The summed E-state index contributed by atoms with van der Waals surface area (Å²) in [5, 5.41) is 10.9. The standard InChI is InChI=1S/C11H11FN2O5S/c12-9-4-1-5-10(11(9)14(16)17)20(18,19)13-6-2-3-8(15)7-13/h1,4-5H,2-3,6-7H2. The van der Waals surface area contributed by atoms with Crippen molar-refractivity contribution in [2.45, 2.75) is 17.7 Å². The van der Waals surface area contributed by atoms with Crippen molar-refractivity contribution >= 4 is 21.5 Å². The summed E-state index contributed by atoms with van der Waals surface area (Å²) in [6.07, 6.45) is 0.623. The Kier molecular flexibility index (Phi) is 3.82. The summed E-state index contributed by atoms with van der Waals surface area (Å²) in [7, 11) is -4.26. The molecule has 0 N–H and O–H groups in total. The maximum absolute atomic E-state index is 13.5. The van der Waals surface area contributed by atoms with Gasteiger partial charge in [-0.25, -0.2) is 8.42 Å². The summed E-state index contributed by atoms with van der Waals surface area (Å²) < 4.78 is 39.0. The highest BCUT2D eigenvalue weighted by Crippen LogP contribution is 2.30. The molecule has 9 heteroatoms. The van der Waals surface area contributed by atoms with Crippen LogP contribution in [0.25, 0.3) is 0 Å². The first kappa shape index (κ1) is 14.5. The Morgan fingerprint density at radius 2 is 2.05 bits per heavy atom. The molecule has 0 atom stereocenters. The molecular formula is C11H11FN2O5S. The molecule has 0 bridgehead atoms. The second kappa shape index (κ2) is 5.25. The molecule has 1 aromatic carbocycles. The van der Waals surface area contributed by atoms with E-state index in [1.165, 1.54) is 0 Å². The van der Waals surface area contributed by atoms with E-state index in [4.69, 9.17) is 0 Å². The second-order valence-electron chi connectivity index (χ2n) is 4.32. The van der Waals surface area contributed by atoms with E-state index >= 15 is 0 Å². The van der Waals surface area contributed by atoms with E-state index in [-0.39, 0.29) is 25.3 Å². The average Bonchev–Trinajstić information content (AvgIpc) is 2.38. The summed E-state index contributed by atoms with van der Waals surface area (Å²) in [4.78, 5) is 20.4. The summed E-state index contributed by atoms with van der Waals surface area (Å²) in [6, 6.07) is 2.87. The Morgan fingerprint density at radius 1 is 1.35 bits per heavy atom. The van der Waals surface area contributed by atoms with Gasteiger partial charge >= 0.3 is 5.69 Å². The number of hydrogen-bond acceptors (Lipinski definition) is 5. The summed E-state index contributed by atoms with van der Waals surface area (Å²) in [5.74, 6) is -1.49. The second-order valence-corrected chi connectivity index (χ2v) is 6.23. The third-order valence-electron chi connectivity index (χ3n) is 2.97. The maximum Gasteiger partial charge on any atom is 0.324 e. The molecule has 1 aliphatic heterocycles. The lowest BCUT2D eigenvalue weighted by Gasteiger charge is -2.24. The van der Waals surface area contributed by atoms with Gasteiger partial charge in [0.1, 0.15) is 5.78 Å². The third-order valence-corrected chi connectivity index (χ3v) is 4.84. The van der Waals surface area contributed by atoms with Crippen LogP contribution in [0.1, 0.15) is 12.8 Å². The van der Waals surface area contributed by atoms with Crippen LogP contribution in [0.2, 0.25) is 0 Å². The molecule has 0 saturated carbocycles. The van der Waals surface area contributed by atoms with E-state index in [0.29, 0.717) is 6.42 Å². The maximum atomic E-state index is 13.5. The minimum atomic E-state index is -4.26. The molecule has 0 spiro atoms. The van der Waals surface area contributed by atoms with E-state index in [2.05, 4.69) is 0 Å². The Morgan fingerprint density at radius 3 is 2.65 bits per heavy atom. The van der Waals surface area contributed by atoms with Crippen LogP contribution < -0.4 is 0 Å². The molecule has 1 aliphatic rings. The average molecular weight is 302 g/mol. The number of nitro benzene ring substituents is 1. The van der Waals surface area contributed by atoms with Crippen molar-refractivity contribution in [3.05, 3.63) is 34.1 Å². The van der Waals surface area contributed by atoms with Gasteiger partial charge in [-0.15, -0.1) is 0 Å². The summed E-state index contributed by atoms with van der Waals surface area (Å²) in [5.41, 5.74) is -1.09. The number of carbonyl (C=O) groups excluding carboxylic acids is 1. The number of nitro groups is 1. The first-order valence-corrected chi connectivity index (χ1v) is 7.23. The predicted octanol–water partition coefficient (Wildman–Crippen LogP) is 1.09. The zero-order chi connectivity index (χ0) is 14.9. The fraction of sp³-hybridized carbons (Fsp3) is 0.364. The number of nitrogens with zero attached hydrogens (tertiary/aromatic N) is 2. The zero-order valence-corrected chi connectivity index (χ0v) is 11.1. The predicted molar refractivity (Wildman–Crippen MR) is 66.1 cm³/mol. The number of Topliss-reactive ketones (excluding diaryl/α,β-unsaturated/α-hetero) is 1. The van der Waals surface area contributed by atoms with Gasteiger partial charge in [-0.2, -0.15) is 8.70 Å². The molecule has 108 valence electrons. The molecule has 0 radical (unpaired) electrons. The van der Waals surface area contributed by atoms with Crippen molar-refractivity contribution in [2.24, 2.45) is 0 Å². The number of carbonyl (C=O) groups is 1. The Bertz CT molecular complexity index is 673. The van der Waals surface area contributed by atoms with Gasteiger partial charge in [-0.05, 0) is 18.6 Å². The summed E-state index contributed by atoms with van der Waals surface area (Å²) >= 11 is 0. The number of hydrogen-bond donors (Lipinski definition) is 0. The number of piperidine rings is 1. The van der Waals surface area contributed by atoms with Crippen LogP contribution in [0.3, 0.4) is 0 Å². The van der Waals surface area contributed by atoms with Crippen molar-refractivity contribution in [1.29, 1.82) is 0 Å². The van der Waals surface area contributed by atoms with Gasteiger partial charge in [-0.1, -0.05) is 6.07 Å². The minimum Gasteiger partial charge on any atom is -0.298 e. The molecule has 0 aromatic heterocycles. The largest absolute Gasteiger partial charge is 0.324 e. The first-order chi connectivity index (χ1) is 9.34. The Hall–Kier alpha value is -1.87. The quantitative estimate of drug-likeness (QED) is 0.615. The van der Waals surface area contributed by atoms with E-state index < -0.39 is 31.3 Å². The van der Waals surface area contributed by atoms with Crippen molar-refractivity contribution < 1.29 is 22.5 Å². The van der Waals surface area contributed by atoms with Crippen molar-refractivity contribution in [3.8, 4) is 0 Å². The van der Waals surface area contributed by atoms with Gasteiger partial charge in [-0.3, -0.25) is 14.9 Å². The van der Waals surface area contributed by atoms with Gasteiger partial charge < -0.3 is 0 Å². The van der Waals surface area contributed by atoms with Crippen molar-refractivity contribution in [1.82, 2.24) is 4.31 Å². The molecule has 7 nitrogen and oxygen atoms in total. The highest BCUT2D eigenvalue weighted by molar-refractivity contribution is 7.89. The van der Waals surface area contributed by atoms with Crippen LogP contribution in [0.15, 0.2) is 23.1 Å². The lowest BCUT2D eigenvalue weighted by Crippen LogP contribution is -2.40. The molecule has 0 unspecified atom stereocenters. The normalized spacial score (nSPS) is 17.1. The lowest BCUT2D eigenvalue weighted by molar-refractivity contribution is -0.390. The van der Waals surface area contributed by atoms with Gasteiger partial charge in [0.05, 0.1) is 11.5 Å². The molecule has 1 heterocycles. The number of para-hydroxylation sites is 1. The number of halogens is 1. The fourth-order valence-corrected chi connectivity index (χ4v) is 3.66. The highest BCUT2D eigenvalue weighted by atomic mass is 32.2. The van der Waals surface area contributed by atoms with E-state index in [0.717, 1.165) is 22.5 Å². The molecule has 2 rings (SSSR count). The van der Waals surface area contributed by atoms with Crippen LogP contribution in [-0.4, -0.2) is 36.5 Å². The Balaban J connectivity index is 2.52. The van der Waals surface area contributed by atoms with Crippen LogP contribution >= 0.6 is 0 Å². The third kappa shape index (κ3) is 2.54. The van der Waals surface area contributed by atoms with Crippen LogP contribution in [0, 0.1) is 15.9 Å². The Labute approximate surface area is 114 Å². The minimum absolute atomic E-state index is 0.0851. The van der Waals surface area contributed by atoms with Gasteiger partial charge in [0.15, 0.2) is 4.90 Å². The monoisotopic (exact) mass is 302 g/mol. The van der Waals surface area contributed by atoms with Crippen LogP contribution in [0.5, 0.6) is 0 Å². The van der Waals surface area contributed by atoms with Crippen LogP contribution in [-0.2, 0) is 14.8 Å². The number of sulfonamides is 1. The smallest absolute Gasteiger partial charge is 0.298 e. The molecule has 1 aromatic rings. The van der Waals surface area contributed by atoms with E-state index in [1.807, 2.05) is 0 Å². The van der Waals surface area contributed by atoms with E-state index in [1.54, 1.807) is 0 Å². The number of ketones is 1. The van der Waals surface area contributed by atoms with Crippen molar-refractivity contribution in [3.63, 3.8) is 0 Å². The summed E-state index contributed by atoms with van der Waals surface area (Å²) in [6.45, 7) is -0.252. The molecular weight excluding hydrogens is 291 g/mol. The molecule has 1 fully saturated rings. The molecule has 20 heavy (non-hydrogen) atoms. The molecule has 0 aliphatic carbocycles. The number of rotatable bonds is 3. The number of benzene rings is 1. The van der Waals surface area contributed by atoms with Gasteiger partial charge in [0.25, 0.3) is 0 Å². The topological polar surface area (TPSA) is 97.6 Å². The van der Waals surface area contributed by atoms with Gasteiger partial charge in [0, 0.05) is 13.0 Å². The van der Waals surface area contributed by atoms with Gasteiger partial charge in [0.2, 0.25) is 15.8 Å². The molecule has 0 amide bonds. The lowest BCUT2D eigenvalue weighted by atomic mass is 10.1. The van der Waals surface area contributed by atoms with Crippen molar-refractivity contribution in [2.75, 3.05) is 13.1 Å². The van der Waals surface area contributed by atoms with Crippen LogP contribution in [0.4, 0.5) is 10.1 Å². The highest BCUT2D eigenvalue weighted by Gasteiger charge is 2.36. The first-order valence-electron chi connectivity index (χ1n) is 5.79. The molecule has 1 saturated heterocycles. The van der Waals surface area contributed by atoms with E-state index in [9.17, 15) is 27.7 Å². The zero-order valence-electron chi connectivity index (χ0n) is 10.3. The SMILES string of the molecule is O=C1CCCN(S(=O)(=O)c2cccc(F)c2[N+](=O)[O-])C1.